The molecule has 1 aliphatic carbocycles. The smallest absolute Gasteiger partial charge is 0.246 e. The average molecular weight is 546 g/mol. The molecule has 39 heavy (non-hydrogen) atoms. The van der Waals surface area contributed by atoms with E-state index in [2.05, 4.69) is 10.6 Å². The summed E-state index contributed by atoms with van der Waals surface area (Å²) in [6.45, 7) is 0.385. The standard InChI is InChI=1S/C31H35N3O4S/c1-39-23-14-8-13-22(19-23)33-28(35)25-24-15-17-31(38-24)26(25)30(37)34(18-16-20-9-4-2-5-10-20)27(31)29(36)32-21-11-6-3-7-12-21/h2,4-5,8-10,13-15,17,19,21,24-27H,3,6-7,11-12,16,18H2,1H3,(H,32,36)(H,33,35)/t24-,25-,26-,27-,31-/m0/s1. The summed E-state index contributed by atoms with van der Waals surface area (Å²) in [4.78, 5) is 44.4. The lowest BCUT2D eigenvalue weighted by Gasteiger charge is -2.34. The van der Waals surface area contributed by atoms with E-state index in [0.29, 0.717) is 18.7 Å². The molecule has 0 aromatic heterocycles. The van der Waals surface area contributed by atoms with Gasteiger partial charge in [-0.3, -0.25) is 14.4 Å². The van der Waals surface area contributed by atoms with E-state index in [1.165, 1.54) is 6.42 Å². The summed E-state index contributed by atoms with van der Waals surface area (Å²) in [6.07, 6.45) is 11.1. The molecule has 4 aliphatic rings. The Kier molecular flexibility index (Phi) is 7.25. The van der Waals surface area contributed by atoms with Crippen molar-refractivity contribution in [3.05, 3.63) is 72.3 Å². The number of carbonyl (C=O) groups excluding carboxylic acids is 3. The monoisotopic (exact) mass is 545 g/mol. The third kappa shape index (κ3) is 4.78. The molecule has 204 valence electrons. The lowest BCUT2D eigenvalue weighted by molar-refractivity contribution is -0.141. The molecule has 0 radical (unpaired) electrons. The predicted molar refractivity (Wildman–Crippen MR) is 151 cm³/mol. The van der Waals surface area contributed by atoms with Gasteiger partial charge in [0.25, 0.3) is 0 Å². The third-order valence-corrected chi connectivity index (χ3v) is 9.42. The minimum atomic E-state index is -1.14. The van der Waals surface area contributed by atoms with E-state index >= 15 is 0 Å². The molecule has 2 N–H and O–H groups in total. The van der Waals surface area contributed by atoms with E-state index in [4.69, 9.17) is 4.74 Å². The molecule has 1 spiro atoms. The van der Waals surface area contributed by atoms with E-state index < -0.39 is 29.6 Å². The van der Waals surface area contributed by atoms with Crippen molar-refractivity contribution in [3.63, 3.8) is 0 Å². The molecule has 7 nitrogen and oxygen atoms in total. The minimum absolute atomic E-state index is 0.109. The Bertz CT molecular complexity index is 1280. The summed E-state index contributed by atoms with van der Waals surface area (Å²) in [6, 6.07) is 16.9. The Morgan fingerprint density at radius 2 is 1.85 bits per heavy atom. The maximum atomic E-state index is 14.1. The Morgan fingerprint density at radius 1 is 1.05 bits per heavy atom. The van der Waals surface area contributed by atoms with Crippen LogP contribution in [0.4, 0.5) is 5.69 Å². The number of nitrogens with zero attached hydrogens (tertiary/aromatic N) is 1. The van der Waals surface area contributed by atoms with E-state index in [9.17, 15) is 14.4 Å². The van der Waals surface area contributed by atoms with Crippen molar-refractivity contribution in [2.24, 2.45) is 11.8 Å². The summed E-state index contributed by atoms with van der Waals surface area (Å²) in [5.74, 6) is -2.05. The van der Waals surface area contributed by atoms with Gasteiger partial charge in [0.1, 0.15) is 11.6 Å². The zero-order valence-electron chi connectivity index (χ0n) is 22.2. The van der Waals surface area contributed by atoms with Crippen molar-refractivity contribution in [1.29, 1.82) is 0 Å². The van der Waals surface area contributed by atoms with Gasteiger partial charge in [0.2, 0.25) is 17.7 Å². The molecule has 2 saturated heterocycles. The second kappa shape index (κ2) is 10.8. The summed E-state index contributed by atoms with van der Waals surface area (Å²) >= 11 is 1.60. The van der Waals surface area contributed by atoms with E-state index in [-0.39, 0.29) is 23.8 Å². The summed E-state index contributed by atoms with van der Waals surface area (Å²) < 4.78 is 6.48. The number of rotatable bonds is 8. The number of fused-ring (bicyclic) bond motifs is 1. The van der Waals surface area contributed by atoms with Gasteiger partial charge < -0.3 is 20.3 Å². The Labute approximate surface area is 233 Å². The van der Waals surface area contributed by atoms with Gasteiger partial charge in [0, 0.05) is 23.2 Å². The first-order chi connectivity index (χ1) is 19.0. The molecule has 2 aromatic rings. The first-order valence-electron chi connectivity index (χ1n) is 14.0. The number of ether oxygens (including phenoxy) is 1. The molecule has 3 amide bonds. The number of likely N-dealkylation sites (tertiary alicyclic amines) is 1. The van der Waals surface area contributed by atoms with Crippen LogP contribution < -0.4 is 10.6 Å². The number of thioether (sulfide) groups is 1. The van der Waals surface area contributed by atoms with Crippen LogP contribution in [0.3, 0.4) is 0 Å². The van der Waals surface area contributed by atoms with E-state index in [1.807, 2.05) is 73.0 Å². The Hall–Kier alpha value is -3.10. The molecule has 2 bridgehead atoms. The first-order valence-corrected chi connectivity index (χ1v) is 15.2. The van der Waals surface area contributed by atoms with Crippen LogP contribution in [0.15, 0.2) is 71.6 Å². The number of benzene rings is 2. The minimum Gasteiger partial charge on any atom is -0.359 e. The summed E-state index contributed by atoms with van der Waals surface area (Å²) in [5.41, 5.74) is 0.640. The van der Waals surface area contributed by atoms with Gasteiger partial charge in [0.15, 0.2) is 0 Å². The number of nitrogens with one attached hydrogen (secondary N) is 2. The molecule has 2 aromatic carbocycles. The molecule has 5 atom stereocenters. The summed E-state index contributed by atoms with van der Waals surface area (Å²) in [5, 5.41) is 6.27. The van der Waals surface area contributed by atoms with Crippen LogP contribution in [0, 0.1) is 11.8 Å². The molecule has 6 rings (SSSR count). The van der Waals surface area contributed by atoms with Crippen molar-refractivity contribution < 1.29 is 19.1 Å². The third-order valence-electron chi connectivity index (χ3n) is 8.70. The lowest BCUT2D eigenvalue weighted by atomic mass is 9.74. The zero-order chi connectivity index (χ0) is 27.0. The Balaban J connectivity index is 1.29. The van der Waals surface area contributed by atoms with Crippen LogP contribution >= 0.6 is 11.8 Å². The molecule has 8 heteroatoms. The van der Waals surface area contributed by atoms with Crippen molar-refractivity contribution >= 4 is 35.2 Å². The molecule has 1 saturated carbocycles. The molecule has 3 fully saturated rings. The number of hydrogen-bond donors (Lipinski definition) is 2. The molecule has 3 heterocycles. The van der Waals surface area contributed by atoms with Crippen molar-refractivity contribution in [2.45, 2.75) is 67.2 Å². The highest BCUT2D eigenvalue weighted by atomic mass is 32.2. The van der Waals surface area contributed by atoms with Crippen molar-refractivity contribution in [2.75, 3.05) is 18.1 Å². The van der Waals surface area contributed by atoms with Crippen LogP contribution in [-0.4, -0.2) is 59.2 Å². The number of carbonyl (C=O) groups is 3. The van der Waals surface area contributed by atoms with Crippen LogP contribution in [0.25, 0.3) is 0 Å². The highest BCUT2D eigenvalue weighted by Gasteiger charge is 2.72. The van der Waals surface area contributed by atoms with Gasteiger partial charge in [0.05, 0.1) is 17.9 Å². The second-order valence-corrected chi connectivity index (χ2v) is 11.9. The quantitative estimate of drug-likeness (QED) is 0.384. The highest BCUT2D eigenvalue weighted by Crippen LogP contribution is 2.55. The number of hydrogen-bond acceptors (Lipinski definition) is 5. The van der Waals surface area contributed by atoms with Crippen molar-refractivity contribution in [3.8, 4) is 0 Å². The van der Waals surface area contributed by atoms with Crippen LogP contribution in [0.1, 0.15) is 37.7 Å². The van der Waals surface area contributed by atoms with Crippen LogP contribution in [-0.2, 0) is 25.5 Å². The predicted octanol–water partition coefficient (Wildman–Crippen LogP) is 4.19. The van der Waals surface area contributed by atoms with Gasteiger partial charge >= 0.3 is 0 Å². The van der Waals surface area contributed by atoms with Gasteiger partial charge in [-0.15, -0.1) is 11.8 Å². The molecule has 3 aliphatic heterocycles. The topological polar surface area (TPSA) is 87.7 Å². The van der Waals surface area contributed by atoms with Gasteiger partial charge in [-0.25, -0.2) is 0 Å². The normalized spacial score (nSPS) is 29.5. The summed E-state index contributed by atoms with van der Waals surface area (Å²) in [7, 11) is 0. The van der Waals surface area contributed by atoms with E-state index in [0.717, 1.165) is 36.1 Å². The Morgan fingerprint density at radius 3 is 2.62 bits per heavy atom. The fourth-order valence-electron chi connectivity index (χ4n) is 6.86. The number of anilines is 1. The van der Waals surface area contributed by atoms with Crippen LogP contribution in [0.5, 0.6) is 0 Å². The largest absolute Gasteiger partial charge is 0.359 e. The van der Waals surface area contributed by atoms with Crippen LogP contribution in [0.2, 0.25) is 0 Å². The van der Waals surface area contributed by atoms with Crippen molar-refractivity contribution in [1.82, 2.24) is 10.2 Å². The maximum absolute atomic E-state index is 14.1. The van der Waals surface area contributed by atoms with Gasteiger partial charge in [-0.05, 0) is 49.3 Å². The molecular formula is C31H35N3O4S. The maximum Gasteiger partial charge on any atom is 0.246 e. The molecule has 0 unspecified atom stereocenters. The molecular weight excluding hydrogens is 510 g/mol. The fraction of sp³-hybridized carbons (Fsp3) is 0.452. The first kappa shape index (κ1) is 26.1. The van der Waals surface area contributed by atoms with Gasteiger partial charge in [-0.1, -0.05) is 67.8 Å². The fourth-order valence-corrected chi connectivity index (χ4v) is 7.31. The second-order valence-electron chi connectivity index (χ2n) is 11.0. The van der Waals surface area contributed by atoms with Gasteiger partial charge in [-0.2, -0.15) is 0 Å². The zero-order valence-corrected chi connectivity index (χ0v) is 23.0. The highest BCUT2D eigenvalue weighted by molar-refractivity contribution is 7.98. The lowest BCUT2D eigenvalue weighted by Crippen LogP contribution is -2.56. The van der Waals surface area contributed by atoms with E-state index in [1.54, 1.807) is 16.7 Å². The average Bonchev–Trinajstić information content (AvgIpc) is 3.60. The number of amides is 3. The SMILES string of the molecule is CSc1cccc(NC(=O)[C@H]2[C@@H]3C=C[C@]4(O3)[C@@H]2C(=O)N(CCc2ccccc2)[C@H]4C(=O)NC2CCCCC2)c1.